The van der Waals surface area contributed by atoms with Crippen LogP contribution in [0.1, 0.15) is 12.0 Å². The molecule has 0 atom stereocenters. The molecule has 0 aliphatic carbocycles. The summed E-state index contributed by atoms with van der Waals surface area (Å²) in [5.41, 5.74) is 8.22. The highest BCUT2D eigenvalue weighted by Crippen LogP contribution is 2.16. The van der Waals surface area contributed by atoms with Crippen LogP contribution in [0.25, 0.3) is 0 Å². The Kier molecular flexibility index (Phi) is 6.44. The molecule has 0 heterocycles. The predicted molar refractivity (Wildman–Crippen MR) is 91.6 cm³/mol. The Balaban J connectivity index is 1.77. The average Bonchev–Trinajstić information content (AvgIpc) is 2.56. The van der Waals surface area contributed by atoms with Crippen LogP contribution in [0.2, 0.25) is 0 Å². The van der Waals surface area contributed by atoms with Gasteiger partial charge in [-0.1, -0.05) is 12.1 Å². The smallest absolute Gasteiger partial charge is 0.224 e. The molecule has 2 aromatic carbocycles. The quantitative estimate of drug-likeness (QED) is 0.580. The van der Waals surface area contributed by atoms with Crippen LogP contribution in [-0.4, -0.2) is 26.2 Å². The monoisotopic (exact) mass is 314 g/mol. The molecule has 2 aromatic rings. The van der Waals surface area contributed by atoms with Gasteiger partial charge in [-0.05, 0) is 48.4 Å². The number of ether oxygens (including phenoxy) is 2. The first kappa shape index (κ1) is 16.8. The molecule has 5 nitrogen and oxygen atoms in total. The first-order chi connectivity index (χ1) is 11.2. The maximum absolute atomic E-state index is 12.0. The van der Waals surface area contributed by atoms with Crippen molar-refractivity contribution in [3.05, 3.63) is 54.1 Å². The molecule has 1 amide bonds. The van der Waals surface area contributed by atoms with Gasteiger partial charge in [-0.15, -0.1) is 0 Å². The minimum absolute atomic E-state index is 0.0186. The number of amides is 1. The fourth-order valence-corrected chi connectivity index (χ4v) is 2.04. The molecule has 0 spiro atoms. The molecular weight excluding hydrogens is 292 g/mol. The van der Waals surface area contributed by atoms with E-state index in [-0.39, 0.29) is 5.91 Å². The van der Waals surface area contributed by atoms with Gasteiger partial charge in [0.15, 0.2) is 0 Å². The van der Waals surface area contributed by atoms with Crippen LogP contribution in [-0.2, 0) is 16.0 Å². The number of benzene rings is 2. The lowest BCUT2D eigenvalue weighted by Crippen LogP contribution is -2.12. The summed E-state index contributed by atoms with van der Waals surface area (Å²) >= 11 is 0. The number of aryl methyl sites for hydroxylation is 1. The molecule has 0 bridgehead atoms. The first-order valence-corrected chi connectivity index (χ1v) is 7.53. The molecule has 2 rings (SSSR count). The number of carbonyl (C=O) groups excluding carboxylic acids is 1. The van der Waals surface area contributed by atoms with E-state index in [1.165, 1.54) is 0 Å². The summed E-state index contributed by atoms with van der Waals surface area (Å²) < 4.78 is 10.4. The second kappa shape index (κ2) is 8.80. The number of carbonyl (C=O) groups is 1. The Hall–Kier alpha value is -2.53. The van der Waals surface area contributed by atoms with Crippen molar-refractivity contribution in [2.24, 2.45) is 0 Å². The predicted octanol–water partition coefficient (Wildman–Crippen LogP) is 2.87. The van der Waals surface area contributed by atoms with E-state index in [2.05, 4.69) is 5.32 Å². The zero-order valence-electron chi connectivity index (χ0n) is 13.2. The molecule has 0 aliphatic rings. The highest BCUT2D eigenvalue weighted by molar-refractivity contribution is 5.90. The van der Waals surface area contributed by atoms with Crippen molar-refractivity contribution < 1.29 is 14.3 Å². The molecule has 0 saturated carbocycles. The largest absolute Gasteiger partial charge is 0.491 e. The third-order valence-corrected chi connectivity index (χ3v) is 3.31. The summed E-state index contributed by atoms with van der Waals surface area (Å²) in [5, 5.41) is 2.87. The van der Waals surface area contributed by atoms with E-state index < -0.39 is 0 Å². The zero-order valence-corrected chi connectivity index (χ0v) is 13.2. The van der Waals surface area contributed by atoms with E-state index in [1.54, 1.807) is 7.11 Å². The third-order valence-electron chi connectivity index (χ3n) is 3.31. The van der Waals surface area contributed by atoms with Gasteiger partial charge in [-0.25, -0.2) is 0 Å². The van der Waals surface area contributed by atoms with Crippen molar-refractivity contribution >= 4 is 17.3 Å². The second-order valence-corrected chi connectivity index (χ2v) is 5.16. The maximum atomic E-state index is 12.0. The van der Waals surface area contributed by atoms with Crippen LogP contribution >= 0.6 is 0 Å². The lowest BCUT2D eigenvalue weighted by Gasteiger charge is -2.08. The van der Waals surface area contributed by atoms with Crippen molar-refractivity contribution in [1.29, 1.82) is 0 Å². The summed E-state index contributed by atoms with van der Waals surface area (Å²) in [6.07, 6.45) is 1.11. The van der Waals surface area contributed by atoms with Crippen LogP contribution in [0.4, 0.5) is 11.4 Å². The summed E-state index contributed by atoms with van der Waals surface area (Å²) in [6.45, 7) is 1.05. The van der Waals surface area contributed by atoms with Crippen molar-refractivity contribution in [1.82, 2.24) is 0 Å². The van der Waals surface area contributed by atoms with Gasteiger partial charge in [0.1, 0.15) is 12.4 Å². The van der Waals surface area contributed by atoms with E-state index in [4.69, 9.17) is 15.2 Å². The summed E-state index contributed by atoms with van der Waals surface area (Å²) in [4.78, 5) is 12.0. The van der Waals surface area contributed by atoms with E-state index in [0.717, 1.165) is 22.7 Å². The van der Waals surface area contributed by atoms with Gasteiger partial charge >= 0.3 is 0 Å². The standard InChI is InChI=1S/C18H22N2O3/c1-22-12-13-23-17-9-7-16(8-10-17)20-18(21)11-4-14-2-5-15(19)6-3-14/h2-3,5-10H,4,11-13,19H2,1H3,(H,20,21). The maximum Gasteiger partial charge on any atom is 0.224 e. The number of nitrogens with two attached hydrogens (primary N) is 1. The van der Waals surface area contributed by atoms with Gasteiger partial charge < -0.3 is 20.5 Å². The number of anilines is 2. The topological polar surface area (TPSA) is 73.6 Å². The van der Waals surface area contributed by atoms with Gasteiger partial charge in [-0.3, -0.25) is 4.79 Å². The lowest BCUT2D eigenvalue weighted by atomic mass is 10.1. The molecule has 0 radical (unpaired) electrons. The summed E-state index contributed by atoms with van der Waals surface area (Å²) in [5.74, 6) is 0.733. The van der Waals surface area contributed by atoms with Gasteiger partial charge in [0.25, 0.3) is 0 Å². The minimum atomic E-state index is -0.0186. The van der Waals surface area contributed by atoms with E-state index >= 15 is 0 Å². The molecule has 122 valence electrons. The van der Waals surface area contributed by atoms with Crippen molar-refractivity contribution in [3.8, 4) is 5.75 Å². The number of hydrogen-bond acceptors (Lipinski definition) is 4. The zero-order chi connectivity index (χ0) is 16.5. The minimum Gasteiger partial charge on any atom is -0.491 e. The van der Waals surface area contributed by atoms with Crippen LogP contribution in [0, 0.1) is 0 Å². The number of hydrogen-bond donors (Lipinski definition) is 2. The van der Waals surface area contributed by atoms with Crippen LogP contribution < -0.4 is 15.8 Å². The van der Waals surface area contributed by atoms with Crippen molar-refractivity contribution in [3.63, 3.8) is 0 Å². The van der Waals surface area contributed by atoms with E-state index in [0.29, 0.717) is 26.1 Å². The molecular formula is C18H22N2O3. The SMILES string of the molecule is COCCOc1ccc(NC(=O)CCc2ccc(N)cc2)cc1. The highest BCUT2D eigenvalue weighted by atomic mass is 16.5. The second-order valence-electron chi connectivity index (χ2n) is 5.16. The van der Waals surface area contributed by atoms with Gasteiger partial charge in [0.05, 0.1) is 6.61 Å². The van der Waals surface area contributed by atoms with E-state index in [1.807, 2.05) is 48.5 Å². The highest BCUT2D eigenvalue weighted by Gasteiger charge is 2.04. The molecule has 0 aliphatic heterocycles. The van der Waals surface area contributed by atoms with Crippen molar-refractivity contribution in [2.45, 2.75) is 12.8 Å². The Bertz CT molecular complexity index is 609. The fraction of sp³-hybridized carbons (Fsp3) is 0.278. The number of rotatable bonds is 8. The van der Waals surface area contributed by atoms with Crippen LogP contribution in [0.5, 0.6) is 5.75 Å². The average molecular weight is 314 g/mol. The fourth-order valence-electron chi connectivity index (χ4n) is 2.04. The third kappa shape index (κ3) is 6.00. The Labute approximate surface area is 136 Å². The lowest BCUT2D eigenvalue weighted by molar-refractivity contribution is -0.116. The van der Waals surface area contributed by atoms with E-state index in [9.17, 15) is 4.79 Å². The van der Waals surface area contributed by atoms with Crippen LogP contribution in [0.3, 0.4) is 0 Å². The molecule has 0 aromatic heterocycles. The molecule has 0 unspecified atom stereocenters. The van der Waals surface area contributed by atoms with Crippen LogP contribution in [0.15, 0.2) is 48.5 Å². The van der Waals surface area contributed by atoms with Crippen molar-refractivity contribution in [2.75, 3.05) is 31.4 Å². The Morgan fingerprint density at radius 3 is 2.39 bits per heavy atom. The first-order valence-electron chi connectivity index (χ1n) is 7.53. The molecule has 5 heteroatoms. The Morgan fingerprint density at radius 1 is 1.04 bits per heavy atom. The molecule has 23 heavy (non-hydrogen) atoms. The van der Waals surface area contributed by atoms with Gasteiger partial charge in [0, 0.05) is 24.9 Å². The summed E-state index contributed by atoms with van der Waals surface area (Å²) in [7, 11) is 1.63. The number of methoxy groups -OCH3 is 1. The number of nitrogens with one attached hydrogen (secondary N) is 1. The molecule has 0 saturated heterocycles. The summed E-state index contributed by atoms with van der Waals surface area (Å²) in [6, 6.07) is 14.9. The normalized spacial score (nSPS) is 10.3. The van der Waals surface area contributed by atoms with Gasteiger partial charge in [-0.2, -0.15) is 0 Å². The Morgan fingerprint density at radius 2 is 1.74 bits per heavy atom. The molecule has 0 fully saturated rings. The number of nitrogen functional groups attached to an aromatic ring is 1. The van der Waals surface area contributed by atoms with Gasteiger partial charge in [0.2, 0.25) is 5.91 Å². The molecule has 3 N–H and O–H groups in total.